The maximum absolute atomic E-state index is 11.8. The largest absolute Gasteiger partial charge is 0.426 e. The van der Waals surface area contributed by atoms with Crippen LogP contribution in [0.5, 0.6) is 5.75 Å². The minimum Gasteiger partial charge on any atom is -0.426 e. The molecular formula is C12H13BrO3. The fourth-order valence-corrected chi connectivity index (χ4v) is 2.05. The molecule has 1 aromatic rings. The molecule has 0 radical (unpaired) electrons. The average molecular weight is 285 g/mol. The van der Waals surface area contributed by atoms with E-state index in [-0.39, 0.29) is 18.0 Å². The molecule has 2 atom stereocenters. The SMILES string of the molecule is CCC1OCC1C(=O)Oc1cccc(Br)c1. The zero-order valence-corrected chi connectivity index (χ0v) is 10.6. The molecule has 86 valence electrons. The highest BCUT2D eigenvalue weighted by Crippen LogP contribution is 2.26. The van der Waals surface area contributed by atoms with Crippen molar-refractivity contribution in [2.75, 3.05) is 6.61 Å². The minimum absolute atomic E-state index is 0.0275. The van der Waals surface area contributed by atoms with Gasteiger partial charge < -0.3 is 9.47 Å². The van der Waals surface area contributed by atoms with Crippen molar-refractivity contribution in [3.8, 4) is 5.75 Å². The first-order valence-corrected chi connectivity index (χ1v) is 6.09. The number of hydrogen-bond acceptors (Lipinski definition) is 3. The molecule has 0 aromatic heterocycles. The van der Waals surface area contributed by atoms with Gasteiger partial charge >= 0.3 is 5.97 Å². The summed E-state index contributed by atoms with van der Waals surface area (Å²) in [7, 11) is 0. The molecule has 1 fully saturated rings. The molecule has 0 aliphatic carbocycles. The summed E-state index contributed by atoms with van der Waals surface area (Å²) in [4.78, 5) is 11.8. The van der Waals surface area contributed by atoms with Crippen molar-refractivity contribution in [3.63, 3.8) is 0 Å². The van der Waals surface area contributed by atoms with E-state index in [1.807, 2.05) is 19.1 Å². The van der Waals surface area contributed by atoms with Crippen molar-refractivity contribution in [1.82, 2.24) is 0 Å². The summed E-state index contributed by atoms with van der Waals surface area (Å²) in [6, 6.07) is 7.27. The monoisotopic (exact) mass is 284 g/mol. The first-order chi connectivity index (χ1) is 7.70. The van der Waals surface area contributed by atoms with Crippen LogP contribution in [0.3, 0.4) is 0 Å². The number of esters is 1. The van der Waals surface area contributed by atoms with Crippen molar-refractivity contribution in [2.45, 2.75) is 19.4 Å². The van der Waals surface area contributed by atoms with E-state index >= 15 is 0 Å². The van der Waals surface area contributed by atoms with Gasteiger partial charge in [0.25, 0.3) is 0 Å². The Balaban J connectivity index is 1.97. The number of carbonyl (C=O) groups is 1. The minimum atomic E-state index is -0.198. The molecule has 0 saturated carbocycles. The molecular weight excluding hydrogens is 272 g/mol. The predicted octanol–water partition coefficient (Wildman–Crippen LogP) is 2.78. The third-order valence-corrected chi connectivity index (χ3v) is 3.15. The van der Waals surface area contributed by atoms with Crippen LogP contribution in [-0.4, -0.2) is 18.7 Å². The number of benzene rings is 1. The van der Waals surface area contributed by atoms with Crippen molar-refractivity contribution in [2.24, 2.45) is 5.92 Å². The maximum Gasteiger partial charge on any atom is 0.319 e. The Bertz CT molecular complexity index is 390. The molecule has 1 aromatic carbocycles. The van der Waals surface area contributed by atoms with E-state index in [2.05, 4.69) is 15.9 Å². The van der Waals surface area contributed by atoms with Crippen LogP contribution >= 0.6 is 15.9 Å². The Morgan fingerprint density at radius 1 is 1.62 bits per heavy atom. The third kappa shape index (κ3) is 2.44. The molecule has 16 heavy (non-hydrogen) atoms. The van der Waals surface area contributed by atoms with E-state index in [9.17, 15) is 4.79 Å². The van der Waals surface area contributed by atoms with Crippen LogP contribution in [-0.2, 0) is 9.53 Å². The normalized spacial score (nSPS) is 23.6. The van der Waals surface area contributed by atoms with E-state index in [1.165, 1.54) is 0 Å². The Morgan fingerprint density at radius 2 is 2.44 bits per heavy atom. The van der Waals surface area contributed by atoms with Crippen LogP contribution < -0.4 is 4.74 Å². The van der Waals surface area contributed by atoms with Gasteiger partial charge in [-0.1, -0.05) is 28.9 Å². The van der Waals surface area contributed by atoms with E-state index < -0.39 is 0 Å². The molecule has 3 nitrogen and oxygen atoms in total. The molecule has 1 saturated heterocycles. The first kappa shape index (κ1) is 11.6. The standard InChI is InChI=1S/C12H13BrO3/c1-2-11-10(7-15-11)12(14)16-9-5-3-4-8(13)6-9/h3-6,10-11H,2,7H2,1H3. The molecule has 0 N–H and O–H groups in total. The zero-order chi connectivity index (χ0) is 11.5. The van der Waals surface area contributed by atoms with Crippen molar-refractivity contribution >= 4 is 21.9 Å². The molecule has 1 aliphatic rings. The van der Waals surface area contributed by atoms with Gasteiger partial charge in [0, 0.05) is 4.47 Å². The topological polar surface area (TPSA) is 35.5 Å². The predicted molar refractivity (Wildman–Crippen MR) is 63.3 cm³/mol. The van der Waals surface area contributed by atoms with Gasteiger partial charge in [-0.2, -0.15) is 0 Å². The molecule has 1 aliphatic heterocycles. The Hall–Kier alpha value is -0.870. The van der Waals surface area contributed by atoms with Crippen LogP contribution in [0.2, 0.25) is 0 Å². The molecule has 0 spiro atoms. The highest BCUT2D eigenvalue weighted by Gasteiger charge is 2.38. The third-order valence-electron chi connectivity index (χ3n) is 2.66. The lowest BCUT2D eigenvalue weighted by Crippen LogP contribution is -2.46. The van der Waals surface area contributed by atoms with Crippen LogP contribution in [0.25, 0.3) is 0 Å². The molecule has 4 heteroatoms. The fraction of sp³-hybridized carbons (Fsp3) is 0.417. The number of ether oxygens (including phenoxy) is 2. The second-order valence-corrected chi connectivity index (χ2v) is 4.68. The Morgan fingerprint density at radius 3 is 3.00 bits per heavy atom. The van der Waals surface area contributed by atoms with Crippen molar-refractivity contribution in [1.29, 1.82) is 0 Å². The van der Waals surface area contributed by atoms with E-state index in [1.54, 1.807) is 12.1 Å². The molecule has 0 bridgehead atoms. The lowest BCUT2D eigenvalue weighted by atomic mass is 9.96. The average Bonchev–Trinajstić information content (AvgIpc) is 2.16. The summed E-state index contributed by atoms with van der Waals surface area (Å²) in [6.45, 7) is 2.48. The Kier molecular flexibility index (Phi) is 3.61. The highest BCUT2D eigenvalue weighted by molar-refractivity contribution is 9.10. The van der Waals surface area contributed by atoms with E-state index in [0.717, 1.165) is 10.9 Å². The molecule has 0 amide bonds. The summed E-state index contributed by atoms with van der Waals surface area (Å²) in [5, 5.41) is 0. The van der Waals surface area contributed by atoms with Crippen molar-refractivity contribution in [3.05, 3.63) is 28.7 Å². The van der Waals surface area contributed by atoms with Crippen molar-refractivity contribution < 1.29 is 14.3 Å². The smallest absolute Gasteiger partial charge is 0.319 e. The fourth-order valence-electron chi connectivity index (χ4n) is 1.67. The highest BCUT2D eigenvalue weighted by atomic mass is 79.9. The second kappa shape index (κ2) is 4.97. The van der Waals surface area contributed by atoms with Gasteiger partial charge in [-0.3, -0.25) is 4.79 Å². The zero-order valence-electron chi connectivity index (χ0n) is 8.98. The number of rotatable bonds is 3. The summed E-state index contributed by atoms with van der Waals surface area (Å²) in [5.41, 5.74) is 0. The van der Waals surface area contributed by atoms with E-state index in [0.29, 0.717) is 12.4 Å². The quantitative estimate of drug-likeness (QED) is 0.633. The van der Waals surface area contributed by atoms with Gasteiger partial charge in [-0.25, -0.2) is 0 Å². The number of hydrogen-bond donors (Lipinski definition) is 0. The van der Waals surface area contributed by atoms with Crippen LogP contribution in [0.4, 0.5) is 0 Å². The second-order valence-electron chi connectivity index (χ2n) is 3.76. The first-order valence-electron chi connectivity index (χ1n) is 5.29. The maximum atomic E-state index is 11.8. The van der Waals surface area contributed by atoms with Gasteiger partial charge in [0.15, 0.2) is 0 Å². The van der Waals surface area contributed by atoms with Crippen LogP contribution in [0.15, 0.2) is 28.7 Å². The van der Waals surface area contributed by atoms with Gasteiger partial charge in [-0.15, -0.1) is 0 Å². The van der Waals surface area contributed by atoms with Crippen LogP contribution in [0.1, 0.15) is 13.3 Å². The Labute approximate surface area is 103 Å². The molecule has 2 rings (SSSR count). The summed E-state index contributed by atoms with van der Waals surface area (Å²) < 4.78 is 11.4. The van der Waals surface area contributed by atoms with Gasteiger partial charge in [0.05, 0.1) is 12.7 Å². The summed E-state index contributed by atoms with van der Waals surface area (Å²) in [5.74, 6) is 0.265. The lowest BCUT2D eigenvalue weighted by Gasteiger charge is -2.34. The van der Waals surface area contributed by atoms with Gasteiger partial charge in [0.1, 0.15) is 11.7 Å². The van der Waals surface area contributed by atoms with E-state index in [4.69, 9.17) is 9.47 Å². The van der Waals surface area contributed by atoms with Crippen LogP contribution in [0, 0.1) is 5.92 Å². The summed E-state index contributed by atoms with van der Waals surface area (Å²) >= 11 is 3.33. The van der Waals surface area contributed by atoms with Gasteiger partial charge in [0.2, 0.25) is 0 Å². The van der Waals surface area contributed by atoms with Gasteiger partial charge in [-0.05, 0) is 24.6 Å². The number of halogens is 1. The lowest BCUT2D eigenvalue weighted by molar-refractivity contribution is -0.170. The summed E-state index contributed by atoms with van der Waals surface area (Å²) in [6.07, 6.45) is 0.873. The molecule has 2 unspecified atom stereocenters. The molecule has 1 heterocycles. The number of carbonyl (C=O) groups excluding carboxylic acids is 1.